The van der Waals surface area contributed by atoms with Crippen molar-refractivity contribution in [1.29, 1.82) is 0 Å². The van der Waals surface area contributed by atoms with Crippen molar-refractivity contribution in [2.75, 3.05) is 5.73 Å². The number of pyridine rings is 1. The molecule has 0 aliphatic rings. The summed E-state index contributed by atoms with van der Waals surface area (Å²) in [6.45, 7) is 0. The van der Waals surface area contributed by atoms with Crippen LogP contribution in [-0.4, -0.2) is 24.9 Å². The Morgan fingerprint density at radius 2 is 1.95 bits per heavy atom. The molecule has 0 unspecified atom stereocenters. The Morgan fingerprint density at radius 3 is 2.71 bits per heavy atom. The van der Waals surface area contributed by atoms with Crippen molar-refractivity contribution in [2.45, 2.75) is 16.1 Å². The van der Waals surface area contributed by atoms with Gasteiger partial charge in [0.25, 0.3) is 0 Å². The van der Waals surface area contributed by atoms with Gasteiger partial charge in [0, 0.05) is 4.90 Å². The monoisotopic (exact) mass is 312 g/mol. The third-order valence-corrected chi connectivity index (χ3v) is 3.66. The van der Waals surface area contributed by atoms with Crippen molar-refractivity contribution >= 4 is 28.6 Å². The summed E-state index contributed by atoms with van der Waals surface area (Å²) in [5.41, 5.74) is 5.77. The molecule has 6 nitrogen and oxygen atoms in total. The summed E-state index contributed by atoms with van der Waals surface area (Å²) < 4.78 is 38.1. The van der Waals surface area contributed by atoms with Gasteiger partial charge >= 0.3 is 6.18 Å². The van der Waals surface area contributed by atoms with Crippen molar-refractivity contribution < 1.29 is 13.2 Å². The van der Waals surface area contributed by atoms with E-state index in [1.165, 1.54) is 12.7 Å². The third-order valence-electron chi connectivity index (χ3n) is 2.58. The van der Waals surface area contributed by atoms with Crippen LogP contribution in [0, 0.1) is 0 Å². The van der Waals surface area contributed by atoms with Crippen molar-refractivity contribution in [1.82, 2.24) is 24.9 Å². The van der Waals surface area contributed by atoms with Gasteiger partial charge in [0.15, 0.2) is 5.65 Å². The minimum absolute atomic E-state index is 0.138. The highest BCUT2D eigenvalue weighted by molar-refractivity contribution is 7.99. The Bertz CT molecular complexity index is 800. The molecule has 0 aromatic carbocycles. The van der Waals surface area contributed by atoms with E-state index in [-0.39, 0.29) is 10.6 Å². The van der Waals surface area contributed by atoms with E-state index in [2.05, 4.69) is 24.9 Å². The molecule has 0 radical (unpaired) electrons. The van der Waals surface area contributed by atoms with Crippen LogP contribution in [0.3, 0.4) is 0 Å². The van der Waals surface area contributed by atoms with E-state index < -0.39 is 11.9 Å². The number of fused-ring (bicyclic) bond motifs is 1. The maximum Gasteiger partial charge on any atom is 0.433 e. The fourth-order valence-corrected chi connectivity index (χ4v) is 2.52. The van der Waals surface area contributed by atoms with Gasteiger partial charge in [-0.2, -0.15) is 13.2 Å². The summed E-state index contributed by atoms with van der Waals surface area (Å²) in [5.74, 6) is 0. The predicted octanol–water partition coefficient (Wildman–Crippen LogP) is 2.50. The van der Waals surface area contributed by atoms with E-state index in [4.69, 9.17) is 5.73 Å². The second-order valence-corrected chi connectivity index (χ2v) is 5.02. The van der Waals surface area contributed by atoms with Crippen LogP contribution >= 0.6 is 11.8 Å². The van der Waals surface area contributed by atoms with E-state index in [0.717, 1.165) is 24.0 Å². The first kappa shape index (κ1) is 13.6. The van der Waals surface area contributed by atoms with Crippen molar-refractivity contribution in [3.05, 3.63) is 30.6 Å². The average Bonchev–Trinajstić information content (AvgIpc) is 2.89. The van der Waals surface area contributed by atoms with E-state index in [0.29, 0.717) is 16.2 Å². The Labute approximate surface area is 120 Å². The van der Waals surface area contributed by atoms with E-state index >= 15 is 0 Å². The average molecular weight is 312 g/mol. The number of nitrogens with one attached hydrogen (secondary N) is 1. The molecular weight excluding hydrogens is 305 g/mol. The molecule has 0 aliphatic carbocycles. The molecular formula is C11H7F3N6S. The van der Waals surface area contributed by atoms with Crippen LogP contribution in [0.25, 0.3) is 11.2 Å². The first-order valence-electron chi connectivity index (χ1n) is 5.60. The third kappa shape index (κ3) is 2.61. The molecule has 0 spiro atoms. The summed E-state index contributed by atoms with van der Waals surface area (Å²) in [7, 11) is 0. The van der Waals surface area contributed by atoms with Crippen LogP contribution in [0.4, 0.5) is 18.9 Å². The molecule has 0 bridgehead atoms. The molecule has 0 fully saturated rings. The maximum atomic E-state index is 12.7. The number of anilines is 1. The van der Waals surface area contributed by atoms with Crippen LogP contribution in [0.5, 0.6) is 0 Å². The number of nitrogen functional groups attached to an aromatic ring is 1. The summed E-state index contributed by atoms with van der Waals surface area (Å²) in [6, 6.07) is 0.893. The minimum atomic E-state index is -4.53. The Kier molecular flexibility index (Phi) is 3.16. The van der Waals surface area contributed by atoms with Crippen molar-refractivity contribution in [2.24, 2.45) is 0 Å². The summed E-state index contributed by atoms with van der Waals surface area (Å²) >= 11 is 0.991. The molecule has 0 atom stereocenters. The molecule has 10 heteroatoms. The summed E-state index contributed by atoms with van der Waals surface area (Å²) in [6.07, 6.45) is -0.831. The van der Waals surface area contributed by atoms with Gasteiger partial charge in [0.1, 0.15) is 22.6 Å². The lowest BCUT2D eigenvalue weighted by atomic mass is 10.3. The van der Waals surface area contributed by atoms with Crippen LogP contribution in [0.2, 0.25) is 0 Å². The highest BCUT2D eigenvalue weighted by Crippen LogP contribution is 2.36. The van der Waals surface area contributed by atoms with Gasteiger partial charge in [0.2, 0.25) is 0 Å². The molecule has 3 heterocycles. The summed E-state index contributed by atoms with van der Waals surface area (Å²) in [4.78, 5) is 18.3. The number of halogens is 3. The van der Waals surface area contributed by atoms with Gasteiger partial charge < -0.3 is 10.7 Å². The lowest BCUT2D eigenvalue weighted by Gasteiger charge is -2.09. The number of nitrogens with two attached hydrogens (primary N) is 1. The second-order valence-electron chi connectivity index (χ2n) is 3.99. The number of rotatable bonds is 2. The molecule has 3 rings (SSSR count). The number of hydrogen-bond donors (Lipinski definition) is 2. The van der Waals surface area contributed by atoms with Gasteiger partial charge in [0.05, 0.1) is 18.2 Å². The van der Waals surface area contributed by atoms with Crippen LogP contribution < -0.4 is 5.73 Å². The van der Waals surface area contributed by atoms with E-state index in [1.807, 2.05) is 0 Å². The zero-order valence-corrected chi connectivity index (χ0v) is 11.0. The first-order chi connectivity index (χ1) is 9.95. The largest absolute Gasteiger partial charge is 0.433 e. The van der Waals surface area contributed by atoms with Gasteiger partial charge in [-0.15, -0.1) is 0 Å². The molecule has 3 aromatic rings. The lowest BCUT2D eigenvalue weighted by molar-refractivity contribution is -0.141. The number of H-pyrrole nitrogens is 1. The normalized spacial score (nSPS) is 12.0. The number of nitrogens with zero attached hydrogens (tertiary/aromatic N) is 4. The van der Waals surface area contributed by atoms with Crippen molar-refractivity contribution in [3.63, 3.8) is 0 Å². The van der Waals surface area contributed by atoms with E-state index in [1.54, 1.807) is 0 Å². The SMILES string of the molecule is Nc1cnc(C(F)(F)F)cc1Sc1ncnc2nc[nH]c12. The predicted molar refractivity (Wildman–Crippen MR) is 69.5 cm³/mol. The van der Waals surface area contributed by atoms with Crippen molar-refractivity contribution in [3.8, 4) is 0 Å². The van der Waals surface area contributed by atoms with Gasteiger partial charge in [-0.25, -0.2) is 19.9 Å². The highest BCUT2D eigenvalue weighted by atomic mass is 32.2. The highest BCUT2D eigenvalue weighted by Gasteiger charge is 2.33. The van der Waals surface area contributed by atoms with Crippen LogP contribution in [-0.2, 0) is 6.18 Å². The molecule has 0 amide bonds. The number of hydrogen-bond acceptors (Lipinski definition) is 6. The molecule has 0 saturated carbocycles. The van der Waals surface area contributed by atoms with Gasteiger partial charge in [-0.1, -0.05) is 11.8 Å². The number of alkyl halides is 3. The molecule has 0 aliphatic heterocycles. The number of imidazole rings is 1. The molecule has 21 heavy (non-hydrogen) atoms. The van der Waals surface area contributed by atoms with E-state index in [9.17, 15) is 13.2 Å². The standard InChI is InChI=1S/C11H7F3N6S/c12-11(13,14)7-1-6(5(15)2-16-7)21-10-8-9(18-3-17-8)19-4-20-10/h1-4H,15H2,(H,17,18,19,20). The molecule has 3 aromatic heterocycles. The Hall–Kier alpha value is -2.36. The molecule has 108 valence electrons. The zero-order valence-electron chi connectivity index (χ0n) is 10.2. The van der Waals surface area contributed by atoms with Gasteiger partial charge in [-0.3, -0.25) is 0 Å². The van der Waals surface area contributed by atoms with Gasteiger partial charge in [-0.05, 0) is 6.07 Å². The lowest BCUT2D eigenvalue weighted by Crippen LogP contribution is -2.08. The maximum absolute atomic E-state index is 12.7. The van der Waals surface area contributed by atoms with Crippen LogP contribution in [0.1, 0.15) is 5.69 Å². The smallest absolute Gasteiger partial charge is 0.397 e. The van der Waals surface area contributed by atoms with Crippen LogP contribution in [0.15, 0.2) is 34.8 Å². The second kappa shape index (κ2) is 4.88. The molecule has 0 saturated heterocycles. The number of aromatic nitrogens is 5. The Balaban J connectivity index is 2.03. The summed E-state index contributed by atoms with van der Waals surface area (Å²) in [5, 5.41) is 0.434. The quantitative estimate of drug-likeness (QED) is 0.706. The molecule has 3 N–H and O–H groups in total. The zero-order chi connectivity index (χ0) is 15.0. The first-order valence-corrected chi connectivity index (χ1v) is 6.41. The fourth-order valence-electron chi connectivity index (χ4n) is 1.62. The Morgan fingerprint density at radius 1 is 1.14 bits per heavy atom. The topological polar surface area (TPSA) is 93.4 Å². The minimum Gasteiger partial charge on any atom is -0.397 e. The number of aromatic amines is 1. The fraction of sp³-hybridized carbons (Fsp3) is 0.0909.